The van der Waals surface area contributed by atoms with Crippen LogP contribution in [0.2, 0.25) is 0 Å². The Hall–Kier alpha value is -2.40. The molecule has 1 amide bonds. The lowest BCUT2D eigenvalue weighted by Gasteiger charge is -2.41. The van der Waals surface area contributed by atoms with Crippen LogP contribution in [0.25, 0.3) is 0 Å². The zero-order valence-corrected chi connectivity index (χ0v) is 15.1. The average molecular weight is 339 g/mol. The molecule has 0 saturated carbocycles. The number of amides is 1. The topological polar surface area (TPSA) is 54.3 Å². The van der Waals surface area contributed by atoms with Gasteiger partial charge in [0.25, 0.3) is 11.5 Å². The van der Waals surface area contributed by atoms with Crippen molar-refractivity contribution in [2.45, 2.75) is 32.4 Å². The van der Waals surface area contributed by atoms with Gasteiger partial charge in [0, 0.05) is 50.0 Å². The Morgan fingerprint density at radius 2 is 1.92 bits per heavy atom. The summed E-state index contributed by atoms with van der Waals surface area (Å²) in [6.45, 7) is 6.69. The Labute approximate surface area is 148 Å². The predicted molar refractivity (Wildman–Crippen MR) is 98.7 cm³/mol. The third-order valence-corrected chi connectivity index (χ3v) is 5.03. The zero-order valence-electron chi connectivity index (χ0n) is 15.1. The van der Waals surface area contributed by atoms with Crippen molar-refractivity contribution in [3.63, 3.8) is 0 Å². The molecule has 1 aliphatic heterocycles. The second kappa shape index (κ2) is 6.84. The van der Waals surface area contributed by atoms with E-state index in [1.165, 1.54) is 21.8 Å². The fourth-order valence-corrected chi connectivity index (χ4v) is 3.21. The van der Waals surface area contributed by atoms with Crippen LogP contribution >= 0.6 is 0 Å². The smallest absolute Gasteiger partial charge is 0.251 e. The van der Waals surface area contributed by atoms with Crippen molar-refractivity contribution in [2.75, 3.05) is 13.1 Å². The number of carbonyl (C=O) groups excluding carboxylic acids is 1. The van der Waals surface area contributed by atoms with E-state index in [-0.39, 0.29) is 17.0 Å². The van der Waals surface area contributed by atoms with E-state index in [2.05, 4.69) is 48.3 Å². The third-order valence-electron chi connectivity index (χ3n) is 5.03. The third kappa shape index (κ3) is 3.82. The number of rotatable bonds is 4. The summed E-state index contributed by atoms with van der Waals surface area (Å²) in [7, 11) is 1.67. The van der Waals surface area contributed by atoms with Crippen molar-refractivity contribution in [1.29, 1.82) is 0 Å². The summed E-state index contributed by atoms with van der Waals surface area (Å²) in [5.41, 5.74) is 2.84. The quantitative estimate of drug-likeness (QED) is 0.926. The Morgan fingerprint density at radius 1 is 1.20 bits per heavy atom. The molecule has 5 nitrogen and oxygen atoms in total. The van der Waals surface area contributed by atoms with Crippen LogP contribution in [0.15, 0.2) is 47.4 Å². The number of aromatic nitrogens is 1. The molecule has 0 saturated heterocycles. The number of nitrogens with zero attached hydrogens (tertiary/aromatic N) is 2. The van der Waals surface area contributed by atoms with Gasteiger partial charge in [0.2, 0.25) is 0 Å². The van der Waals surface area contributed by atoms with Crippen LogP contribution < -0.4 is 10.9 Å². The molecule has 132 valence electrons. The first-order valence-corrected chi connectivity index (χ1v) is 8.63. The minimum absolute atomic E-state index is 0.164. The standard InChI is InChI=1S/C20H25N3O2/c1-20(2,23-11-9-15-6-4-5-7-17(15)13-23)14-21-19(25)16-8-10-22(3)18(24)12-16/h4-8,10,12H,9,11,13-14H2,1-3H3,(H,21,25). The van der Waals surface area contributed by atoms with Crippen molar-refractivity contribution in [3.05, 3.63) is 69.6 Å². The molecule has 1 aromatic carbocycles. The summed E-state index contributed by atoms with van der Waals surface area (Å²) >= 11 is 0. The highest BCUT2D eigenvalue weighted by Gasteiger charge is 2.30. The molecule has 2 heterocycles. The molecule has 0 spiro atoms. The van der Waals surface area contributed by atoms with E-state index in [0.717, 1.165) is 19.5 Å². The molecule has 0 aliphatic carbocycles. The van der Waals surface area contributed by atoms with E-state index >= 15 is 0 Å². The summed E-state index contributed by atoms with van der Waals surface area (Å²) in [6, 6.07) is 11.6. The summed E-state index contributed by atoms with van der Waals surface area (Å²) in [5.74, 6) is -0.205. The number of nitrogens with one attached hydrogen (secondary N) is 1. The van der Waals surface area contributed by atoms with Crippen molar-refractivity contribution in [2.24, 2.45) is 7.05 Å². The number of pyridine rings is 1. The maximum atomic E-state index is 12.4. The van der Waals surface area contributed by atoms with E-state index in [1.807, 2.05) is 0 Å². The highest BCUT2D eigenvalue weighted by molar-refractivity contribution is 5.94. The number of carbonyl (C=O) groups is 1. The molecule has 1 N–H and O–H groups in total. The van der Waals surface area contributed by atoms with Gasteiger partial charge in [0.05, 0.1) is 0 Å². The second-order valence-electron chi connectivity index (χ2n) is 7.30. The maximum absolute atomic E-state index is 12.4. The molecule has 0 unspecified atom stereocenters. The summed E-state index contributed by atoms with van der Waals surface area (Å²) in [5, 5.41) is 2.98. The first kappa shape index (κ1) is 17.4. The van der Waals surface area contributed by atoms with E-state index in [0.29, 0.717) is 12.1 Å². The first-order chi connectivity index (χ1) is 11.9. The number of hydrogen-bond acceptors (Lipinski definition) is 3. The second-order valence-corrected chi connectivity index (χ2v) is 7.30. The van der Waals surface area contributed by atoms with Gasteiger partial charge < -0.3 is 9.88 Å². The minimum atomic E-state index is -0.205. The SMILES string of the molecule is Cn1ccc(C(=O)NCC(C)(C)N2CCc3ccccc3C2)cc1=O. The van der Waals surface area contributed by atoms with Crippen LogP contribution in [-0.2, 0) is 20.0 Å². The van der Waals surface area contributed by atoms with Gasteiger partial charge >= 0.3 is 0 Å². The predicted octanol–water partition coefficient (Wildman–Crippen LogP) is 1.95. The molecule has 25 heavy (non-hydrogen) atoms. The van der Waals surface area contributed by atoms with Crippen LogP contribution in [0.1, 0.15) is 35.3 Å². The van der Waals surface area contributed by atoms with E-state index in [4.69, 9.17) is 0 Å². The number of fused-ring (bicyclic) bond motifs is 1. The molecular weight excluding hydrogens is 314 g/mol. The molecule has 0 radical (unpaired) electrons. The maximum Gasteiger partial charge on any atom is 0.251 e. The van der Waals surface area contributed by atoms with Crippen molar-refractivity contribution >= 4 is 5.91 Å². The molecule has 1 aromatic heterocycles. The normalized spacial score (nSPS) is 14.8. The molecule has 0 atom stereocenters. The minimum Gasteiger partial charge on any atom is -0.350 e. The lowest BCUT2D eigenvalue weighted by Crippen LogP contribution is -2.53. The van der Waals surface area contributed by atoms with Gasteiger partial charge in [-0.1, -0.05) is 24.3 Å². The zero-order chi connectivity index (χ0) is 18.0. The van der Waals surface area contributed by atoms with Crippen LogP contribution in [0.5, 0.6) is 0 Å². The summed E-state index contributed by atoms with van der Waals surface area (Å²) in [6.07, 6.45) is 2.65. The molecule has 5 heteroatoms. The monoisotopic (exact) mass is 339 g/mol. The van der Waals surface area contributed by atoms with Gasteiger partial charge in [-0.15, -0.1) is 0 Å². The van der Waals surface area contributed by atoms with Crippen LogP contribution in [0, 0.1) is 0 Å². The number of benzene rings is 1. The molecule has 2 aromatic rings. The number of hydrogen-bond donors (Lipinski definition) is 1. The van der Waals surface area contributed by atoms with Crippen molar-refractivity contribution < 1.29 is 4.79 Å². The van der Waals surface area contributed by atoms with Gasteiger partial charge in [-0.05, 0) is 37.5 Å². The van der Waals surface area contributed by atoms with Gasteiger partial charge in [-0.3, -0.25) is 14.5 Å². The molecule has 3 rings (SSSR count). The van der Waals surface area contributed by atoms with Gasteiger partial charge in [-0.25, -0.2) is 0 Å². The van der Waals surface area contributed by atoms with Crippen LogP contribution in [0.4, 0.5) is 0 Å². The highest BCUT2D eigenvalue weighted by atomic mass is 16.2. The number of aryl methyl sites for hydroxylation is 1. The van der Waals surface area contributed by atoms with Crippen molar-refractivity contribution in [3.8, 4) is 0 Å². The lowest BCUT2D eigenvalue weighted by molar-refractivity contribution is 0.0826. The fourth-order valence-electron chi connectivity index (χ4n) is 3.21. The molecule has 1 aliphatic rings. The molecule has 0 fully saturated rings. The summed E-state index contributed by atoms with van der Waals surface area (Å²) in [4.78, 5) is 26.4. The van der Waals surface area contributed by atoms with Crippen molar-refractivity contribution in [1.82, 2.24) is 14.8 Å². The lowest BCUT2D eigenvalue weighted by atomic mass is 9.94. The Bertz CT molecular complexity index is 839. The Kier molecular flexibility index (Phi) is 4.77. The molecular formula is C20H25N3O2. The summed E-state index contributed by atoms with van der Waals surface area (Å²) < 4.78 is 1.45. The fraction of sp³-hybridized carbons (Fsp3) is 0.400. The first-order valence-electron chi connectivity index (χ1n) is 8.63. The van der Waals surface area contributed by atoms with E-state index < -0.39 is 0 Å². The largest absolute Gasteiger partial charge is 0.350 e. The van der Waals surface area contributed by atoms with Crippen LogP contribution in [0.3, 0.4) is 0 Å². The van der Waals surface area contributed by atoms with Gasteiger partial charge in [-0.2, -0.15) is 0 Å². The van der Waals surface area contributed by atoms with E-state index in [9.17, 15) is 9.59 Å². The van der Waals surface area contributed by atoms with Gasteiger partial charge in [0.15, 0.2) is 0 Å². The van der Waals surface area contributed by atoms with Gasteiger partial charge in [0.1, 0.15) is 0 Å². The average Bonchev–Trinajstić information content (AvgIpc) is 2.61. The van der Waals surface area contributed by atoms with Crippen LogP contribution in [-0.4, -0.2) is 34.0 Å². The highest BCUT2D eigenvalue weighted by Crippen LogP contribution is 2.24. The Balaban J connectivity index is 1.64. The molecule has 0 bridgehead atoms. The Morgan fingerprint density at radius 3 is 2.64 bits per heavy atom. The van der Waals surface area contributed by atoms with E-state index in [1.54, 1.807) is 19.3 Å².